The van der Waals surface area contributed by atoms with E-state index in [9.17, 15) is 14.4 Å². The first-order chi connectivity index (χ1) is 10.1. The number of hydrogen-bond acceptors (Lipinski definition) is 7. The van der Waals surface area contributed by atoms with Crippen LogP contribution in [0.25, 0.3) is 0 Å². The molecule has 0 aromatic heterocycles. The first-order valence-corrected chi connectivity index (χ1v) is 6.76. The average molecular weight is 322 g/mol. The maximum atomic E-state index is 10.4. The average Bonchev–Trinajstić information content (AvgIpc) is 2.43. The summed E-state index contributed by atoms with van der Waals surface area (Å²) >= 11 is 0. The van der Waals surface area contributed by atoms with Crippen molar-refractivity contribution in [2.24, 2.45) is 17.2 Å². The third-order valence-electron chi connectivity index (χ3n) is 2.55. The Bertz CT molecular complexity index is 353. The van der Waals surface area contributed by atoms with E-state index in [2.05, 4.69) is 5.32 Å². The third kappa shape index (κ3) is 13.2. The Morgan fingerprint density at radius 3 is 2.00 bits per heavy atom. The normalized spacial score (nSPS) is 14.2. The summed E-state index contributed by atoms with van der Waals surface area (Å²) in [6.07, 6.45) is -0.207. The molecule has 0 aliphatic carbocycles. The van der Waals surface area contributed by atoms with Crippen LogP contribution in [0, 0.1) is 0 Å². The van der Waals surface area contributed by atoms with E-state index >= 15 is 0 Å². The fraction of sp³-hybridized carbons (Fsp3) is 0.750. The number of nitrogens with two attached hydrogens (primary N) is 3. The van der Waals surface area contributed by atoms with Gasteiger partial charge in [0.2, 0.25) is 5.91 Å². The summed E-state index contributed by atoms with van der Waals surface area (Å²) in [5.41, 5.74) is 15.1. The van der Waals surface area contributed by atoms with E-state index in [1.54, 1.807) is 6.92 Å². The van der Waals surface area contributed by atoms with Crippen LogP contribution in [0.4, 0.5) is 0 Å². The SMILES string of the molecule is CCN[C@@H](CC(N)=O)C(=O)O.NC[C@H](O)CC[C@H](N)C(=O)O. The second kappa shape index (κ2) is 13.0. The lowest BCUT2D eigenvalue weighted by Gasteiger charge is -2.09. The smallest absolute Gasteiger partial charge is 0.321 e. The van der Waals surface area contributed by atoms with Crippen LogP contribution in [-0.4, -0.2) is 64.4 Å². The number of primary amides is 1. The second-order valence-electron chi connectivity index (χ2n) is 4.53. The minimum absolute atomic E-state index is 0.145. The van der Waals surface area contributed by atoms with Crippen LogP contribution in [0.15, 0.2) is 0 Å². The highest BCUT2D eigenvalue weighted by Crippen LogP contribution is 1.98. The second-order valence-corrected chi connectivity index (χ2v) is 4.53. The number of nitrogens with one attached hydrogen (secondary N) is 1. The van der Waals surface area contributed by atoms with Gasteiger partial charge in [-0.25, -0.2) is 0 Å². The molecule has 0 bridgehead atoms. The fourth-order valence-corrected chi connectivity index (χ4v) is 1.31. The van der Waals surface area contributed by atoms with Gasteiger partial charge in [0, 0.05) is 6.54 Å². The van der Waals surface area contributed by atoms with Gasteiger partial charge in [0.1, 0.15) is 12.1 Å². The number of aliphatic hydroxyl groups is 1. The molecule has 0 fully saturated rings. The van der Waals surface area contributed by atoms with Crippen LogP contribution >= 0.6 is 0 Å². The molecule has 10 heteroatoms. The van der Waals surface area contributed by atoms with Crippen molar-refractivity contribution in [1.29, 1.82) is 0 Å². The predicted octanol–water partition coefficient (Wildman–Crippen LogP) is -2.58. The Morgan fingerprint density at radius 2 is 1.68 bits per heavy atom. The molecule has 0 spiro atoms. The topological polar surface area (TPSA) is 202 Å². The lowest BCUT2D eigenvalue weighted by molar-refractivity contribution is -0.141. The number of carboxylic acids is 2. The molecule has 130 valence electrons. The van der Waals surface area contributed by atoms with Crippen molar-refractivity contribution < 1.29 is 29.7 Å². The molecular weight excluding hydrogens is 296 g/mol. The minimum Gasteiger partial charge on any atom is -0.480 e. The molecule has 0 unspecified atom stereocenters. The summed E-state index contributed by atoms with van der Waals surface area (Å²) in [5.74, 6) is -2.71. The number of carboxylic acid groups (broad SMARTS) is 2. The van der Waals surface area contributed by atoms with Gasteiger partial charge in [-0.3, -0.25) is 14.4 Å². The summed E-state index contributed by atoms with van der Waals surface area (Å²) in [7, 11) is 0. The Morgan fingerprint density at radius 1 is 1.14 bits per heavy atom. The molecule has 0 aliphatic heterocycles. The van der Waals surface area contributed by atoms with E-state index in [0.717, 1.165) is 0 Å². The van der Waals surface area contributed by atoms with Crippen molar-refractivity contribution in [3.05, 3.63) is 0 Å². The lowest BCUT2D eigenvalue weighted by Crippen LogP contribution is -2.39. The maximum absolute atomic E-state index is 10.4. The van der Waals surface area contributed by atoms with Crippen molar-refractivity contribution in [2.45, 2.75) is 44.4 Å². The standard InChI is InChI=1S/C6H12N2O3.C6H14N2O3/c1-2-8-4(6(10)11)3-5(7)9;7-3-4(9)1-2-5(8)6(10)11/h4,8H,2-3H2,1H3,(H2,7,9)(H,10,11);4-5,9H,1-3,7-8H2,(H,10,11)/t4-;4-,5+/m01/s1. The summed E-state index contributed by atoms with van der Waals surface area (Å²) in [4.78, 5) is 30.8. The van der Waals surface area contributed by atoms with E-state index in [4.69, 9.17) is 32.5 Å². The van der Waals surface area contributed by atoms with Crippen LogP contribution in [0.2, 0.25) is 0 Å². The Labute approximate surface area is 128 Å². The van der Waals surface area contributed by atoms with Gasteiger partial charge in [0.25, 0.3) is 0 Å². The number of aliphatic carboxylic acids is 2. The van der Waals surface area contributed by atoms with Crippen molar-refractivity contribution in [3.63, 3.8) is 0 Å². The molecule has 0 aliphatic rings. The summed E-state index contributed by atoms with van der Waals surface area (Å²) in [5, 5.41) is 28.3. The molecular formula is C12H26N4O6. The van der Waals surface area contributed by atoms with Gasteiger partial charge in [-0.2, -0.15) is 0 Å². The van der Waals surface area contributed by atoms with Crippen LogP contribution in [0.5, 0.6) is 0 Å². The molecule has 10 N–H and O–H groups in total. The molecule has 0 saturated heterocycles. The molecule has 1 amide bonds. The quantitative estimate of drug-likeness (QED) is 0.225. The monoisotopic (exact) mass is 322 g/mol. The van der Waals surface area contributed by atoms with Gasteiger partial charge in [-0.15, -0.1) is 0 Å². The van der Waals surface area contributed by atoms with Gasteiger partial charge < -0.3 is 37.8 Å². The summed E-state index contributed by atoms with van der Waals surface area (Å²) < 4.78 is 0. The third-order valence-corrected chi connectivity index (χ3v) is 2.55. The van der Waals surface area contributed by atoms with Crippen molar-refractivity contribution in [3.8, 4) is 0 Å². The van der Waals surface area contributed by atoms with E-state index in [-0.39, 0.29) is 19.4 Å². The molecule has 0 aromatic carbocycles. The highest BCUT2D eigenvalue weighted by Gasteiger charge is 2.17. The highest BCUT2D eigenvalue weighted by molar-refractivity contribution is 5.83. The van der Waals surface area contributed by atoms with Gasteiger partial charge >= 0.3 is 11.9 Å². The summed E-state index contributed by atoms with van der Waals surface area (Å²) in [6, 6.07) is -1.74. The van der Waals surface area contributed by atoms with E-state index < -0.39 is 36.0 Å². The number of carbonyl (C=O) groups is 3. The van der Waals surface area contributed by atoms with Crippen molar-refractivity contribution in [1.82, 2.24) is 5.32 Å². The van der Waals surface area contributed by atoms with Crippen LogP contribution in [-0.2, 0) is 14.4 Å². The zero-order valence-electron chi connectivity index (χ0n) is 12.6. The molecule has 0 aromatic rings. The van der Waals surface area contributed by atoms with E-state index in [1.807, 2.05) is 0 Å². The zero-order chi connectivity index (χ0) is 17.7. The van der Waals surface area contributed by atoms with Crippen LogP contribution < -0.4 is 22.5 Å². The number of aliphatic hydroxyl groups excluding tert-OH is 1. The van der Waals surface area contributed by atoms with Gasteiger partial charge in [-0.05, 0) is 19.4 Å². The largest absolute Gasteiger partial charge is 0.480 e. The van der Waals surface area contributed by atoms with Gasteiger partial charge in [-0.1, -0.05) is 6.92 Å². The van der Waals surface area contributed by atoms with Crippen molar-refractivity contribution in [2.75, 3.05) is 13.1 Å². The predicted molar refractivity (Wildman–Crippen MR) is 78.8 cm³/mol. The molecule has 3 atom stereocenters. The maximum Gasteiger partial charge on any atom is 0.321 e. The number of likely N-dealkylation sites (N-methyl/N-ethyl adjacent to an activating group) is 1. The first-order valence-electron chi connectivity index (χ1n) is 6.76. The number of rotatable bonds is 10. The molecule has 0 radical (unpaired) electrons. The number of amides is 1. The molecule has 0 heterocycles. The van der Waals surface area contributed by atoms with Gasteiger partial charge in [0.05, 0.1) is 12.5 Å². The minimum atomic E-state index is -1.05. The molecule has 0 saturated carbocycles. The molecule has 0 rings (SSSR count). The van der Waals surface area contributed by atoms with Gasteiger partial charge in [0.15, 0.2) is 0 Å². The lowest BCUT2D eigenvalue weighted by atomic mass is 10.1. The number of hydrogen-bond donors (Lipinski definition) is 7. The van der Waals surface area contributed by atoms with Crippen LogP contribution in [0.3, 0.4) is 0 Å². The first kappa shape index (κ1) is 22.5. The zero-order valence-corrected chi connectivity index (χ0v) is 12.6. The fourth-order valence-electron chi connectivity index (χ4n) is 1.31. The van der Waals surface area contributed by atoms with E-state index in [1.165, 1.54) is 0 Å². The molecule has 22 heavy (non-hydrogen) atoms. The Hall–Kier alpha value is -1.75. The van der Waals surface area contributed by atoms with E-state index in [0.29, 0.717) is 13.0 Å². The Balaban J connectivity index is 0. The Kier molecular flexibility index (Phi) is 13.3. The van der Waals surface area contributed by atoms with Crippen molar-refractivity contribution >= 4 is 17.8 Å². The number of carbonyl (C=O) groups excluding carboxylic acids is 1. The molecule has 10 nitrogen and oxygen atoms in total. The highest BCUT2D eigenvalue weighted by atomic mass is 16.4. The summed E-state index contributed by atoms with van der Waals surface area (Å²) in [6.45, 7) is 2.41. The van der Waals surface area contributed by atoms with Crippen LogP contribution in [0.1, 0.15) is 26.2 Å².